The van der Waals surface area contributed by atoms with Crippen LogP contribution in [-0.4, -0.2) is 66.3 Å². The van der Waals surface area contributed by atoms with Gasteiger partial charge in [0.15, 0.2) is 0 Å². The Labute approximate surface area is 151 Å². The highest BCUT2D eigenvalue weighted by atomic mass is 16.5. The Balaban J connectivity index is 1.31. The summed E-state index contributed by atoms with van der Waals surface area (Å²) in [7, 11) is 0. The van der Waals surface area contributed by atoms with Gasteiger partial charge < -0.3 is 9.30 Å². The lowest BCUT2D eigenvalue weighted by Gasteiger charge is -2.35. The van der Waals surface area contributed by atoms with E-state index in [2.05, 4.69) is 16.7 Å². The number of pyridine rings is 1. The van der Waals surface area contributed by atoms with Crippen molar-refractivity contribution in [2.75, 3.05) is 45.9 Å². The molecule has 1 aliphatic heterocycles. The normalized spacial score (nSPS) is 26.0. The van der Waals surface area contributed by atoms with E-state index in [1.165, 1.54) is 25.7 Å². The predicted molar refractivity (Wildman–Crippen MR) is 101 cm³/mol. The summed E-state index contributed by atoms with van der Waals surface area (Å²) in [5.74, 6) is 0.729. The maximum atomic E-state index is 11.7. The number of aromatic nitrogens is 1. The van der Waals surface area contributed by atoms with E-state index in [1.807, 2.05) is 12.3 Å². The lowest BCUT2D eigenvalue weighted by Crippen LogP contribution is -2.48. The van der Waals surface area contributed by atoms with Crippen LogP contribution in [0.2, 0.25) is 0 Å². The molecule has 5 nitrogen and oxygen atoms in total. The van der Waals surface area contributed by atoms with E-state index in [4.69, 9.17) is 4.74 Å². The van der Waals surface area contributed by atoms with Gasteiger partial charge in [0.1, 0.15) is 0 Å². The molecule has 0 bridgehead atoms. The second-order valence-corrected chi connectivity index (χ2v) is 7.59. The van der Waals surface area contributed by atoms with Gasteiger partial charge in [-0.2, -0.15) is 0 Å². The van der Waals surface area contributed by atoms with E-state index < -0.39 is 0 Å². The van der Waals surface area contributed by atoms with Crippen molar-refractivity contribution >= 4 is 0 Å². The fourth-order valence-corrected chi connectivity index (χ4v) is 3.99. The summed E-state index contributed by atoms with van der Waals surface area (Å²) < 4.78 is 7.95. The number of piperazine rings is 1. The minimum absolute atomic E-state index is 0.0928. The van der Waals surface area contributed by atoms with Crippen LogP contribution in [0.1, 0.15) is 32.6 Å². The van der Waals surface area contributed by atoms with Crippen LogP contribution in [0.5, 0.6) is 0 Å². The van der Waals surface area contributed by atoms with Crippen molar-refractivity contribution in [3.05, 3.63) is 34.7 Å². The monoisotopic (exact) mass is 347 g/mol. The molecule has 2 aliphatic rings. The number of hydrogen-bond donors (Lipinski definition) is 0. The average Bonchev–Trinajstić information content (AvgIpc) is 2.64. The minimum Gasteiger partial charge on any atom is -0.377 e. The first-order chi connectivity index (χ1) is 12.2. The zero-order chi connectivity index (χ0) is 17.5. The van der Waals surface area contributed by atoms with Crippen LogP contribution in [0.25, 0.3) is 0 Å². The average molecular weight is 348 g/mol. The van der Waals surface area contributed by atoms with Crippen molar-refractivity contribution in [3.8, 4) is 0 Å². The highest BCUT2D eigenvalue weighted by Gasteiger charge is 2.22. The summed E-state index contributed by atoms with van der Waals surface area (Å²) in [5.41, 5.74) is 0.0928. The Kier molecular flexibility index (Phi) is 7.08. The summed E-state index contributed by atoms with van der Waals surface area (Å²) in [6.07, 6.45) is 7.64. The molecular weight excluding hydrogens is 314 g/mol. The topological polar surface area (TPSA) is 37.7 Å². The Morgan fingerprint density at radius 3 is 2.44 bits per heavy atom. The molecule has 0 radical (unpaired) electrons. The highest BCUT2D eigenvalue weighted by Crippen LogP contribution is 2.26. The summed E-state index contributed by atoms with van der Waals surface area (Å²) in [5, 5.41) is 0. The Bertz CT molecular complexity index is 566. The lowest BCUT2D eigenvalue weighted by atomic mass is 9.88. The van der Waals surface area contributed by atoms with E-state index in [0.717, 1.165) is 58.3 Å². The molecule has 2 fully saturated rings. The molecule has 0 unspecified atom stereocenters. The van der Waals surface area contributed by atoms with Gasteiger partial charge in [0, 0.05) is 58.1 Å². The van der Waals surface area contributed by atoms with E-state index in [0.29, 0.717) is 6.10 Å². The van der Waals surface area contributed by atoms with Gasteiger partial charge in [0.25, 0.3) is 5.56 Å². The fraction of sp³-hybridized carbons (Fsp3) is 0.750. The third kappa shape index (κ3) is 5.66. The zero-order valence-electron chi connectivity index (χ0n) is 15.6. The Morgan fingerprint density at radius 2 is 1.72 bits per heavy atom. The van der Waals surface area contributed by atoms with Gasteiger partial charge in [-0.05, 0) is 24.8 Å². The predicted octanol–water partition coefficient (Wildman–Crippen LogP) is 2.06. The number of ether oxygens (including phenoxy) is 1. The SMILES string of the molecule is C[C@@H]1CCCC[C@@H]1OCCN1CCN(CCn2ccccc2=O)CC1. The van der Waals surface area contributed by atoms with Gasteiger partial charge in [-0.3, -0.25) is 14.6 Å². The molecular formula is C20H33N3O2. The molecule has 0 spiro atoms. The van der Waals surface area contributed by atoms with E-state index in [1.54, 1.807) is 16.7 Å². The zero-order valence-corrected chi connectivity index (χ0v) is 15.6. The molecule has 0 N–H and O–H groups in total. The van der Waals surface area contributed by atoms with Crippen LogP contribution in [-0.2, 0) is 11.3 Å². The molecule has 0 amide bonds. The largest absolute Gasteiger partial charge is 0.377 e. The lowest BCUT2D eigenvalue weighted by molar-refractivity contribution is -0.0180. The minimum atomic E-state index is 0.0928. The van der Waals surface area contributed by atoms with Crippen molar-refractivity contribution < 1.29 is 4.74 Å². The van der Waals surface area contributed by atoms with Crippen molar-refractivity contribution in [2.24, 2.45) is 5.92 Å². The molecule has 1 aromatic heterocycles. The van der Waals surface area contributed by atoms with Gasteiger partial charge >= 0.3 is 0 Å². The van der Waals surface area contributed by atoms with E-state index in [9.17, 15) is 4.79 Å². The molecule has 1 aliphatic carbocycles. The van der Waals surface area contributed by atoms with Crippen molar-refractivity contribution in [1.29, 1.82) is 0 Å². The van der Waals surface area contributed by atoms with Crippen LogP contribution >= 0.6 is 0 Å². The van der Waals surface area contributed by atoms with Gasteiger partial charge in [-0.1, -0.05) is 25.8 Å². The molecule has 1 aromatic rings. The quantitative estimate of drug-likeness (QED) is 0.757. The van der Waals surface area contributed by atoms with Gasteiger partial charge in [0.2, 0.25) is 0 Å². The van der Waals surface area contributed by atoms with E-state index in [-0.39, 0.29) is 5.56 Å². The molecule has 1 saturated carbocycles. The van der Waals surface area contributed by atoms with Crippen LogP contribution in [0.3, 0.4) is 0 Å². The van der Waals surface area contributed by atoms with Crippen molar-refractivity contribution in [1.82, 2.24) is 14.4 Å². The van der Waals surface area contributed by atoms with Crippen molar-refractivity contribution in [3.63, 3.8) is 0 Å². The molecule has 2 heterocycles. The molecule has 1 saturated heterocycles. The first-order valence-electron chi connectivity index (χ1n) is 9.94. The Hall–Kier alpha value is -1.17. The summed E-state index contributed by atoms with van der Waals surface area (Å²) in [4.78, 5) is 16.7. The molecule has 5 heteroatoms. The van der Waals surface area contributed by atoms with Crippen LogP contribution < -0.4 is 5.56 Å². The summed E-state index contributed by atoms with van der Waals surface area (Å²) >= 11 is 0. The fourth-order valence-electron chi connectivity index (χ4n) is 3.99. The van der Waals surface area contributed by atoms with Crippen molar-refractivity contribution in [2.45, 2.75) is 45.3 Å². The standard InChI is InChI=1S/C20H33N3O2/c1-18-6-2-3-7-19(18)25-17-16-22-12-10-21(11-13-22)14-15-23-9-5-4-8-20(23)24/h4-5,8-9,18-19H,2-3,6-7,10-17H2,1H3/t18-,19+/m1/s1. The molecule has 140 valence electrons. The molecule has 2 atom stereocenters. The maximum Gasteiger partial charge on any atom is 0.250 e. The number of nitrogens with zero attached hydrogens (tertiary/aromatic N) is 3. The smallest absolute Gasteiger partial charge is 0.250 e. The van der Waals surface area contributed by atoms with Crippen LogP contribution in [0.4, 0.5) is 0 Å². The van der Waals surface area contributed by atoms with Crippen LogP contribution in [0.15, 0.2) is 29.2 Å². The molecule has 0 aromatic carbocycles. The van der Waals surface area contributed by atoms with Gasteiger partial charge in [-0.25, -0.2) is 0 Å². The number of rotatable bonds is 7. The first kappa shape index (κ1) is 18.6. The third-order valence-corrected chi connectivity index (χ3v) is 5.79. The second kappa shape index (κ2) is 9.51. The van der Waals surface area contributed by atoms with Gasteiger partial charge in [-0.15, -0.1) is 0 Å². The second-order valence-electron chi connectivity index (χ2n) is 7.59. The maximum absolute atomic E-state index is 11.7. The van der Waals surface area contributed by atoms with Crippen LogP contribution in [0, 0.1) is 5.92 Å². The number of hydrogen-bond acceptors (Lipinski definition) is 4. The Morgan fingerprint density at radius 1 is 1.00 bits per heavy atom. The molecule has 3 rings (SSSR count). The third-order valence-electron chi connectivity index (χ3n) is 5.79. The summed E-state index contributed by atoms with van der Waals surface area (Å²) in [6.45, 7) is 10.4. The van der Waals surface area contributed by atoms with Gasteiger partial charge in [0.05, 0.1) is 12.7 Å². The first-order valence-corrected chi connectivity index (χ1v) is 9.94. The molecule has 25 heavy (non-hydrogen) atoms. The summed E-state index contributed by atoms with van der Waals surface area (Å²) in [6, 6.07) is 5.35. The van der Waals surface area contributed by atoms with E-state index >= 15 is 0 Å². The highest BCUT2D eigenvalue weighted by molar-refractivity contribution is 4.93.